The van der Waals surface area contributed by atoms with E-state index in [2.05, 4.69) is 33.5 Å². The number of hydrogen-bond acceptors (Lipinski definition) is 4. The molecule has 1 aliphatic heterocycles. The van der Waals surface area contributed by atoms with Crippen molar-refractivity contribution in [3.8, 4) is 5.75 Å². The third kappa shape index (κ3) is 3.86. The number of aryl methyl sites for hydroxylation is 1. The lowest BCUT2D eigenvalue weighted by Crippen LogP contribution is -2.23. The van der Waals surface area contributed by atoms with E-state index < -0.39 is 0 Å². The number of ether oxygens (including phenoxy) is 2. The van der Waals surface area contributed by atoms with E-state index in [0.717, 1.165) is 34.4 Å². The Morgan fingerprint density at radius 3 is 3.00 bits per heavy atom. The molecule has 0 bridgehead atoms. The minimum atomic E-state index is -0.376. The van der Waals surface area contributed by atoms with Gasteiger partial charge in [0.25, 0.3) is 0 Å². The number of halogens is 1. The number of rotatable bonds is 6. The van der Waals surface area contributed by atoms with Crippen molar-refractivity contribution in [2.75, 3.05) is 19.7 Å². The van der Waals surface area contributed by atoms with E-state index in [9.17, 15) is 4.79 Å². The molecule has 0 aromatic heterocycles. The molecule has 0 radical (unpaired) electrons. The van der Waals surface area contributed by atoms with Crippen molar-refractivity contribution in [2.24, 2.45) is 0 Å². The molecule has 1 aliphatic rings. The number of amides is 1. The molecule has 110 valence electrons. The van der Waals surface area contributed by atoms with Crippen LogP contribution in [0.4, 0.5) is 4.79 Å². The second-order valence-electron chi connectivity index (χ2n) is 4.71. The van der Waals surface area contributed by atoms with E-state index in [1.54, 1.807) is 0 Å². The molecule has 5 nitrogen and oxygen atoms in total. The smallest absolute Gasteiger partial charge is 0.407 e. The maximum atomic E-state index is 11.0. The van der Waals surface area contributed by atoms with Crippen LogP contribution >= 0.6 is 15.9 Å². The van der Waals surface area contributed by atoms with Crippen molar-refractivity contribution in [3.05, 3.63) is 27.7 Å². The van der Waals surface area contributed by atoms with E-state index in [0.29, 0.717) is 13.2 Å². The Labute approximate surface area is 127 Å². The van der Waals surface area contributed by atoms with Gasteiger partial charge in [-0.3, -0.25) is 0 Å². The number of benzene rings is 1. The fourth-order valence-corrected chi connectivity index (χ4v) is 2.72. The number of carbonyl (C=O) groups excluding carboxylic acids is 1. The summed E-state index contributed by atoms with van der Waals surface area (Å²) in [5.41, 5.74) is 2.15. The van der Waals surface area contributed by atoms with Gasteiger partial charge in [-0.15, -0.1) is 0 Å². The van der Waals surface area contributed by atoms with Crippen LogP contribution in [-0.4, -0.2) is 31.9 Å². The first-order chi connectivity index (χ1) is 9.60. The van der Waals surface area contributed by atoms with Crippen LogP contribution in [0.1, 0.15) is 18.1 Å². The van der Waals surface area contributed by atoms with Crippen molar-refractivity contribution >= 4 is 22.0 Å². The van der Waals surface area contributed by atoms with Crippen LogP contribution in [0.2, 0.25) is 0 Å². The monoisotopic (exact) mass is 342 g/mol. The molecule has 1 unspecified atom stereocenters. The molecule has 0 saturated carbocycles. The number of cyclic esters (lactones) is 1. The second kappa shape index (κ2) is 6.95. The Balaban J connectivity index is 2.06. The zero-order valence-corrected chi connectivity index (χ0v) is 13.2. The molecule has 6 heteroatoms. The first kappa shape index (κ1) is 15.1. The molecular formula is C14H19BrN2O3. The first-order valence-electron chi connectivity index (χ1n) is 6.67. The zero-order valence-electron chi connectivity index (χ0n) is 11.7. The molecule has 2 rings (SSSR count). The van der Waals surface area contributed by atoms with Gasteiger partial charge in [0.15, 0.2) is 6.10 Å². The zero-order chi connectivity index (χ0) is 14.5. The lowest BCUT2D eigenvalue weighted by molar-refractivity contribution is 0.104. The number of nitrogens with one attached hydrogen (secondary N) is 2. The largest absolute Gasteiger partial charge is 0.489 e. The summed E-state index contributed by atoms with van der Waals surface area (Å²) >= 11 is 3.50. The third-order valence-corrected chi connectivity index (χ3v) is 3.50. The summed E-state index contributed by atoms with van der Waals surface area (Å²) in [7, 11) is 0. The predicted octanol–water partition coefficient (Wildman–Crippen LogP) is 2.35. The number of alkyl carbamates (subject to hydrolysis) is 1. The summed E-state index contributed by atoms with van der Waals surface area (Å²) < 4.78 is 12.0. The van der Waals surface area contributed by atoms with Crippen LogP contribution in [0, 0.1) is 6.92 Å². The quantitative estimate of drug-likeness (QED) is 0.833. The van der Waals surface area contributed by atoms with Crippen molar-refractivity contribution in [3.63, 3.8) is 0 Å². The van der Waals surface area contributed by atoms with Gasteiger partial charge in [0.1, 0.15) is 12.4 Å². The van der Waals surface area contributed by atoms with Crippen LogP contribution in [0.15, 0.2) is 16.6 Å². The van der Waals surface area contributed by atoms with Crippen LogP contribution in [0.5, 0.6) is 5.75 Å². The third-order valence-electron chi connectivity index (χ3n) is 3.04. The summed E-state index contributed by atoms with van der Waals surface area (Å²) in [4.78, 5) is 11.0. The highest BCUT2D eigenvalue weighted by atomic mass is 79.9. The average Bonchev–Trinajstić information content (AvgIpc) is 2.80. The predicted molar refractivity (Wildman–Crippen MR) is 80.0 cm³/mol. The minimum Gasteiger partial charge on any atom is -0.489 e. The van der Waals surface area contributed by atoms with Crippen molar-refractivity contribution in [2.45, 2.75) is 26.5 Å². The van der Waals surface area contributed by atoms with E-state index in [-0.39, 0.29) is 12.2 Å². The molecule has 0 spiro atoms. The van der Waals surface area contributed by atoms with Gasteiger partial charge in [-0.25, -0.2) is 4.79 Å². The second-order valence-corrected chi connectivity index (χ2v) is 5.63. The lowest BCUT2D eigenvalue weighted by Gasteiger charge is -2.17. The Morgan fingerprint density at radius 1 is 1.55 bits per heavy atom. The van der Waals surface area contributed by atoms with Crippen LogP contribution in [-0.2, 0) is 11.3 Å². The molecule has 1 atom stereocenters. The SMILES string of the molecule is CCNCc1cc(Br)cc(C)c1OCC1CNC(=O)O1. The molecule has 1 aromatic carbocycles. The topological polar surface area (TPSA) is 59.6 Å². The Morgan fingerprint density at radius 2 is 2.35 bits per heavy atom. The van der Waals surface area contributed by atoms with Crippen LogP contribution < -0.4 is 15.4 Å². The molecule has 1 fully saturated rings. The number of carbonyl (C=O) groups is 1. The standard InChI is InChI=1S/C14H19BrN2O3/c1-3-16-6-10-5-11(15)4-9(2)13(10)19-8-12-7-17-14(18)20-12/h4-5,12,16H,3,6-8H2,1-2H3,(H,17,18). The van der Waals surface area contributed by atoms with Crippen LogP contribution in [0.25, 0.3) is 0 Å². The highest BCUT2D eigenvalue weighted by Crippen LogP contribution is 2.28. The van der Waals surface area contributed by atoms with E-state index in [1.807, 2.05) is 19.1 Å². The molecule has 1 heterocycles. The molecule has 1 saturated heterocycles. The van der Waals surface area contributed by atoms with Crippen molar-refractivity contribution in [1.82, 2.24) is 10.6 Å². The average molecular weight is 343 g/mol. The van der Waals surface area contributed by atoms with E-state index in [4.69, 9.17) is 9.47 Å². The maximum absolute atomic E-state index is 11.0. The Hall–Kier alpha value is -1.27. The summed E-state index contributed by atoms with van der Waals surface area (Å²) in [6.07, 6.45) is -0.600. The highest BCUT2D eigenvalue weighted by Gasteiger charge is 2.23. The van der Waals surface area contributed by atoms with Gasteiger partial charge in [0.05, 0.1) is 6.54 Å². The van der Waals surface area contributed by atoms with Gasteiger partial charge >= 0.3 is 6.09 Å². The van der Waals surface area contributed by atoms with Crippen molar-refractivity contribution in [1.29, 1.82) is 0 Å². The van der Waals surface area contributed by atoms with Gasteiger partial charge in [-0.05, 0) is 31.2 Å². The van der Waals surface area contributed by atoms with Gasteiger partial charge in [0.2, 0.25) is 0 Å². The van der Waals surface area contributed by atoms with Crippen LogP contribution in [0.3, 0.4) is 0 Å². The fraction of sp³-hybridized carbons (Fsp3) is 0.500. The first-order valence-corrected chi connectivity index (χ1v) is 7.46. The summed E-state index contributed by atoms with van der Waals surface area (Å²) in [6, 6.07) is 4.06. The molecular weight excluding hydrogens is 324 g/mol. The molecule has 1 amide bonds. The normalized spacial score (nSPS) is 17.8. The van der Waals surface area contributed by atoms with E-state index >= 15 is 0 Å². The summed E-state index contributed by atoms with van der Waals surface area (Å²) in [5.74, 6) is 0.858. The Bertz CT molecular complexity index is 494. The van der Waals surface area contributed by atoms with Gasteiger partial charge < -0.3 is 20.1 Å². The molecule has 2 N–H and O–H groups in total. The van der Waals surface area contributed by atoms with Gasteiger partial charge in [0, 0.05) is 16.6 Å². The minimum absolute atomic E-state index is 0.225. The number of hydrogen-bond donors (Lipinski definition) is 2. The lowest BCUT2D eigenvalue weighted by atomic mass is 10.1. The maximum Gasteiger partial charge on any atom is 0.407 e. The molecule has 1 aromatic rings. The Kier molecular flexibility index (Phi) is 5.25. The fourth-order valence-electron chi connectivity index (χ4n) is 2.10. The summed E-state index contributed by atoms with van der Waals surface area (Å²) in [5, 5.41) is 5.91. The van der Waals surface area contributed by atoms with Crippen molar-refractivity contribution < 1.29 is 14.3 Å². The van der Waals surface area contributed by atoms with Gasteiger partial charge in [-0.2, -0.15) is 0 Å². The molecule has 0 aliphatic carbocycles. The van der Waals surface area contributed by atoms with Gasteiger partial charge in [-0.1, -0.05) is 22.9 Å². The van der Waals surface area contributed by atoms with E-state index in [1.165, 1.54) is 0 Å². The molecule has 20 heavy (non-hydrogen) atoms. The summed E-state index contributed by atoms with van der Waals surface area (Å²) in [6.45, 7) is 6.57. The highest BCUT2D eigenvalue weighted by molar-refractivity contribution is 9.10.